The second kappa shape index (κ2) is 14.0. The van der Waals surface area contributed by atoms with Crippen LogP contribution in [0.3, 0.4) is 0 Å². The summed E-state index contributed by atoms with van der Waals surface area (Å²) in [5.74, 6) is 0.889. The molecule has 37 heavy (non-hydrogen) atoms. The minimum atomic E-state index is -0.540. The van der Waals surface area contributed by atoms with Crippen molar-refractivity contribution in [2.75, 3.05) is 5.73 Å². The van der Waals surface area contributed by atoms with Gasteiger partial charge in [0.25, 0.3) is 5.91 Å². The fourth-order valence-electron chi connectivity index (χ4n) is 3.89. The summed E-state index contributed by atoms with van der Waals surface area (Å²) in [4.78, 5) is 12.1. The van der Waals surface area contributed by atoms with Crippen molar-refractivity contribution in [2.24, 2.45) is 5.73 Å². The number of hydrogen-bond donors (Lipinski definition) is 3. The van der Waals surface area contributed by atoms with Gasteiger partial charge in [-0.25, -0.2) is 0 Å². The molecule has 0 unspecified atom stereocenters. The Morgan fingerprint density at radius 1 is 1.11 bits per heavy atom. The van der Waals surface area contributed by atoms with Gasteiger partial charge in [0.2, 0.25) is 0 Å². The molecule has 0 aliphatic heterocycles. The summed E-state index contributed by atoms with van der Waals surface area (Å²) in [6.45, 7) is 12.7. The quantitative estimate of drug-likeness (QED) is 0.355. The molecule has 0 radical (unpaired) electrons. The van der Waals surface area contributed by atoms with Crippen molar-refractivity contribution >= 4 is 23.4 Å². The lowest BCUT2D eigenvalue weighted by atomic mass is 10.1. The zero-order valence-electron chi connectivity index (χ0n) is 23.0. The normalized spacial score (nSPS) is 12.6. The van der Waals surface area contributed by atoms with Gasteiger partial charge in [-0.15, -0.1) is 0 Å². The van der Waals surface area contributed by atoms with Crippen molar-refractivity contribution in [1.82, 2.24) is 4.57 Å². The Morgan fingerprint density at radius 3 is 2.35 bits per heavy atom. The van der Waals surface area contributed by atoms with E-state index in [4.69, 9.17) is 16.2 Å². The molecule has 1 heterocycles. The summed E-state index contributed by atoms with van der Waals surface area (Å²) >= 11 is 0. The number of allylic oxidation sites excluding steroid dienone is 2. The number of aryl methyl sites for hydroxylation is 1. The Bertz CT molecular complexity index is 1350. The predicted molar refractivity (Wildman–Crippen MR) is 154 cm³/mol. The van der Waals surface area contributed by atoms with Crippen molar-refractivity contribution in [1.29, 1.82) is 0 Å². The minimum Gasteiger partial charge on any atom is -0.508 e. The van der Waals surface area contributed by atoms with Crippen molar-refractivity contribution in [3.05, 3.63) is 87.6 Å². The van der Waals surface area contributed by atoms with Crippen molar-refractivity contribution in [3.8, 4) is 11.4 Å². The molecule has 198 valence electrons. The highest BCUT2D eigenvalue weighted by molar-refractivity contribution is 5.98. The number of aromatic hydroxyl groups is 1. The lowest BCUT2D eigenvalue weighted by Gasteiger charge is -2.12. The van der Waals surface area contributed by atoms with E-state index in [1.807, 2.05) is 68.7 Å². The number of carbonyl (C=O) groups excluding carboxylic acids is 1. The third-order valence-electron chi connectivity index (χ3n) is 6.21. The molecule has 6 nitrogen and oxygen atoms in total. The van der Waals surface area contributed by atoms with E-state index in [1.165, 1.54) is 5.56 Å². The molecule has 6 heteroatoms. The number of amides is 1. The summed E-state index contributed by atoms with van der Waals surface area (Å²) < 4.78 is 7.28. The number of phenolic OH excluding ortho intramolecular Hbond substituents is 1. The first-order valence-electron chi connectivity index (χ1n) is 12.8. The van der Waals surface area contributed by atoms with E-state index in [1.54, 1.807) is 12.1 Å². The first-order chi connectivity index (χ1) is 17.7. The zero-order valence-corrected chi connectivity index (χ0v) is 23.0. The van der Waals surface area contributed by atoms with Crippen LogP contribution in [0, 0.1) is 6.92 Å². The molecular formula is C31H41N3O3. The van der Waals surface area contributed by atoms with Crippen LogP contribution in [0.5, 0.6) is 5.75 Å². The summed E-state index contributed by atoms with van der Waals surface area (Å²) in [5.41, 5.74) is 16.4. The Labute approximate surface area is 220 Å². The highest BCUT2D eigenvalue weighted by Gasteiger charge is 2.20. The molecule has 0 aliphatic rings. The third kappa shape index (κ3) is 7.53. The van der Waals surface area contributed by atoms with Crippen molar-refractivity contribution < 1.29 is 14.6 Å². The number of carbonyl (C=O) groups is 1. The SMILES string of the molecule is C/C=C(\C)OCc1ccccc1.CCC/C=c1/c(C(N)=O)c(N)n(-c2cc(O)ccc2C)c1=C(C)CC. The van der Waals surface area contributed by atoms with Crippen molar-refractivity contribution in [3.63, 3.8) is 0 Å². The first-order valence-corrected chi connectivity index (χ1v) is 12.8. The number of benzene rings is 2. The number of hydrogen-bond acceptors (Lipinski definition) is 4. The van der Waals surface area contributed by atoms with E-state index in [-0.39, 0.29) is 5.75 Å². The maximum Gasteiger partial charge on any atom is 0.253 e. The standard InChI is InChI=1S/C20H27N3O2.C11H14O/c1-5-7-8-15-17(20(22)25)19(21)23(18(15)12(3)6-2)16-11-14(24)10-9-13(16)4;1-3-10(2)12-9-11-7-5-4-6-8-11/h8-11,24H,5-7,21H2,1-4H3,(H2,22,25);3-8H,9H2,1-2H3/b15-8-,18-12?;10-3+. The van der Waals surface area contributed by atoms with Crippen LogP contribution in [-0.2, 0) is 11.3 Å². The Morgan fingerprint density at radius 2 is 1.78 bits per heavy atom. The Hall–Kier alpha value is -3.93. The molecule has 5 N–H and O–H groups in total. The molecule has 0 saturated carbocycles. The van der Waals surface area contributed by atoms with Gasteiger partial charge < -0.3 is 21.3 Å². The van der Waals surface area contributed by atoms with Gasteiger partial charge in [-0.1, -0.05) is 62.7 Å². The van der Waals surface area contributed by atoms with Gasteiger partial charge in [0, 0.05) is 11.3 Å². The first kappa shape index (κ1) is 29.3. The summed E-state index contributed by atoms with van der Waals surface area (Å²) in [6, 6.07) is 15.3. The van der Waals surface area contributed by atoms with Crippen LogP contribution >= 0.6 is 0 Å². The number of aromatic nitrogens is 1. The van der Waals surface area contributed by atoms with Crippen LogP contribution in [0.1, 0.15) is 75.4 Å². The topological polar surface area (TPSA) is 104 Å². The lowest BCUT2D eigenvalue weighted by Crippen LogP contribution is -2.34. The molecule has 0 aliphatic carbocycles. The van der Waals surface area contributed by atoms with Gasteiger partial charge in [-0.3, -0.25) is 9.36 Å². The molecule has 2 aromatic carbocycles. The van der Waals surface area contributed by atoms with E-state index < -0.39 is 5.91 Å². The smallest absolute Gasteiger partial charge is 0.253 e. The molecule has 0 bridgehead atoms. The summed E-state index contributed by atoms with van der Waals surface area (Å²) in [5, 5.41) is 11.6. The third-order valence-corrected chi connectivity index (χ3v) is 6.21. The molecule has 0 fully saturated rings. The number of primary amides is 1. The molecule has 0 atom stereocenters. The van der Waals surface area contributed by atoms with E-state index in [0.717, 1.165) is 52.4 Å². The number of nitrogens with two attached hydrogens (primary N) is 2. The molecule has 1 amide bonds. The maximum absolute atomic E-state index is 12.1. The average molecular weight is 504 g/mol. The summed E-state index contributed by atoms with van der Waals surface area (Å²) in [7, 11) is 0. The fraction of sp³-hybridized carbons (Fsp3) is 0.323. The second-order valence-electron chi connectivity index (χ2n) is 8.99. The second-order valence-corrected chi connectivity index (χ2v) is 8.99. The molecule has 1 aromatic heterocycles. The molecule has 3 aromatic rings. The maximum atomic E-state index is 12.1. The average Bonchev–Trinajstić information content (AvgIpc) is 3.19. The fourth-order valence-corrected chi connectivity index (χ4v) is 3.89. The molecule has 0 saturated heterocycles. The predicted octanol–water partition coefficient (Wildman–Crippen LogP) is 5.46. The number of nitrogens with zero attached hydrogens (tertiary/aromatic N) is 1. The molecular weight excluding hydrogens is 462 g/mol. The van der Waals surface area contributed by atoms with Crippen LogP contribution in [0.2, 0.25) is 0 Å². The molecule has 0 spiro atoms. The highest BCUT2D eigenvalue weighted by atomic mass is 16.5. The van der Waals surface area contributed by atoms with E-state index >= 15 is 0 Å². The van der Waals surface area contributed by atoms with Crippen LogP contribution in [0.15, 0.2) is 60.4 Å². The van der Waals surface area contributed by atoms with Gasteiger partial charge >= 0.3 is 0 Å². The Kier molecular flexibility index (Phi) is 11.1. The highest BCUT2D eigenvalue weighted by Crippen LogP contribution is 2.22. The van der Waals surface area contributed by atoms with Gasteiger partial charge in [-0.2, -0.15) is 0 Å². The van der Waals surface area contributed by atoms with E-state index in [0.29, 0.717) is 18.0 Å². The van der Waals surface area contributed by atoms with Crippen LogP contribution < -0.4 is 22.0 Å². The lowest BCUT2D eigenvalue weighted by molar-refractivity contribution is 0.100. The van der Waals surface area contributed by atoms with Crippen LogP contribution in [-0.4, -0.2) is 15.6 Å². The van der Waals surface area contributed by atoms with Gasteiger partial charge in [0.15, 0.2) is 0 Å². The number of unbranched alkanes of at least 4 members (excludes halogenated alkanes) is 1. The van der Waals surface area contributed by atoms with Crippen LogP contribution in [0.4, 0.5) is 5.82 Å². The summed E-state index contributed by atoms with van der Waals surface area (Å²) in [6.07, 6.45) is 6.58. The van der Waals surface area contributed by atoms with E-state index in [9.17, 15) is 9.90 Å². The van der Waals surface area contributed by atoms with Crippen LogP contribution in [0.25, 0.3) is 17.3 Å². The number of nitrogen functional groups attached to an aromatic ring is 1. The minimum absolute atomic E-state index is 0.147. The number of phenols is 1. The Balaban J connectivity index is 0.000000335. The monoisotopic (exact) mass is 503 g/mol. The number of rotatable bonds is 8. The van der Waals surface area contributed by atoms with Gasteiger partial charge in [-0.05, 0) is 69.4 Å². The molecule has 3 rings (SSSR count). The number of ether oxygens (including phenoxy) is 1. The van der Waals surface area contributed by atoms with Gasteiger partial charge in [0.05, 0.1) is 22.4 Å². The van der Waals surface area contributed by atoms with Gasteiger partial charge in [0.1, 0.15) is 18.2 Å². The van der Waals surface area contributed by atoms with E-state index in [2.05, 4.69) is 26.0 Å². The zero-order chi connectivity index (χ0) is 27.5. The van der Waals surface area contributed by atoms with Crippen molar-refractivity contribution in [2.45, 2.75) is 67.4 Å². The largest absolute Gasteiger partial charge is 0.508 e. The number of anilines is 1.